The molecule has 1 aromatic carbocycles. The fourth-order valence-electron chi connectivity index (χ4n) is 3.12. The van der Waals surface area contributed by atoms with Crippen molar-refractivity contribution >= 4 is 17.6 Å². The van der Waals surface area contributed by atoms with Crippen molar-refractivity contribution < 1.29 is 9.59 Å². The molecule has 2 aromatic heterocycles. The van der Waals surface area contributed by atoms with Gasteiger partial charge in [-0.15, -0.1) is 5.10 Å². The molecule has 0 spiro atoms. The van der Waals surface area contributed by atoms with Gasteiger partial charge in [0, 0.05) is 13.6 Å². The lowest BCUT2D eigenvalue weighted by Gasteiger charge is -2.19. The second-order valence-electron chi connectivity index (χ2n) is 6.44. The average Bonchev–Trinajstić information content (AvgIpc) is 3.32. The maximum atomic E-state index is 12.6. The first-order valence-electron chi connectivity index (χ1n) is 8.64. The van der Waals surface area contributed by atoms with Gasteiger partial charge in [0.25, 0.3) is 11.8 Å². The van der Waals surface area contributed by atoms with E-state index in [1.54, 1.807) is 30.5 Å². The number of nitrogens with one attached hydrogen (secondary N) is 1. The van der Waals surface area contributed by atoms with Crippen LogP contribution in [-0.4, -0.2) is 49.4 Å². The highest BCUT2D eigenvalue weighted by Crippen LogP contribution is 2.19. The van der Waals surface area contributed by atoms with E-state index in [0.29, 0.717) is 25.3 Å². The summed E-state index contributed by atoms with van der Waals surface area (Å²) >= 11 is 0. The number of likely N-dealkylation sites (N-methyl/N-ethyl adjacent to an activating group) is 1. The fourth-order valence-corrected chi connectivity index (χ4v) is 3.12. The molecule has 0 saturated carbocycles. The lowest BCUT2D eigenvalue weighted by Crippen LogP contribution is -2.46. The molecule has 0 aliphatic carbocycles. The highest BCUT2D eigenvalue weighted by atomic mass is 16.2. The molecule has 1 unspecified atom stereocenters. The molecule has 3 heterocycles. The van der Waals surface area contributed by atoms with Gasteiger partial charge in [-0.05, 0) is 12.0 Å². The van der Waals surface area contributed by atoms with E-state index in [2.05, 4.69) is 20.6 Å². The van der Waals surface area contributed by atoms with E-state index in [4.69, 9.17) is 0 Å². The van der Waals surface area contributed by atoms with Gasteiger partial charge in [0.05, 0.1) is 25.3 Å². The molecule has 1 aliphatic heterocycles. The number of aromatic nitrogens is 5. The second-order valence-corrected chi connectivity index (χ2v) is 6.44. The van der Waals surface area contributed by atoms with E-state index < -0.39 is 11.9 Å². The Kier molecular flexibility index (Phi) is 4.41. The number of rotatable bonds is 4. The average molecular weight is 365 g/mol. The highest BCUT2D eigenvalue weighted by molar-refractivity contribution is 6.01. The van der Waals surface area contributed by atoms with Crippen LogP contribution in [0.15, 0.2) is 49.1 Å². The minimum atomic E-state index is -0.623. The predicted octanol–water partition coefficient (Wildman–Crippen LogP) is 0.688. The largest absolute Gasteiger partial charge is 0.339 e. The lowest BCUT2D eigenvalue weighted by molar-refractivity contribution is -0.120. The number of hydrogen-bond acceptors (Lipinski definition) is 5. The molecule has 9 heteroatoms. The quantitative estimate of drug-likeness (QED) is 0.733. The molecule has 0 radical (unpaired) electrons. The van der Waals surface area contributed by atoms with Crippen LogP contribution in [0.3, 0.4) is 0 Å². The molecule has 1 N–H and O–H groups in total. The van der Waals surface area contributed by atoms with Crippen molar-refractivity contribution in [3.8, 4) is 0 Å². The summed E-state index contributed by atoms with van der Waals surface area (Å²) in [6.07, 6.45) is 5.38. The summed E-state index contributed by atoms with van der Waals surface area (Å²) in [5, 5.41) is 10.7. The van der Waals surface area contributed by atoms with E-state index in [-0.39, 0.29) is 11.6 Å². The molecule has 1 aliphatic rings. The number of anilines is 1. The number of carbonyl (C=O) groups is 2. The van der Waals surface area contributed by atoms with Gasteiger partial charge in [0.2, 0.25) is 0 Å². The second kappa shape index (κ2) is 7.02. The summed E-state index contributed by atoms with van der Waals surface area (Å²) in [7, 11) is 1.68. The predicted molar refractivity (Wildman–Crippen MR) is 97.1 cm³/mol. The number of hydrogen-bond donors (Lipinski definition) is 1. The van der Waals surface area contributed by atoms with Crippen LogP contribution in [-0.2, 0) is 17.9 Å². The highest BCUT2D eigenvalue weighted by Gasteiger charge is 2.30. The van der Waals surface area contributed by atoms with Crippen LogP contribution in [0.25, 0.3) is 0 Å². The molecular weight excluding hydrogens is 346 g/mol. The molecule has 9 nitrogen and oxygen atoms in total. The van der Waals surface area contributed by atoms with Gasteiger partial charge in [-0.3, -0.25) is 14.5 Å². The first-order valence-corrected chi connectivity index (χ1v) is 8.64. The van der Waals surface area contributed by atoms with Gasteiger partial charge < -0.3 is 9.88 Å². The zero-order valence-corrected chi connectivity index (χ0v) is 14.8. The number of fused-ring (bicyclic) bond motifs is 1. The van der Waals surface area contributed by atoms with Crippen LogP contribution in [0.4, 0.5) is 5.82 Å². The maximum absolute atomic E-state index is 12.6. The number of amides is 2. The summed E-state index contributed by atoms with van der Waals surface area (Å²) in [6, 6.07) is 9.16. The first-order chi connectivity index (χ1) is 13.1. The molecule has 0 fully saturated rings. The Morgan fingerprint density at radius 3 is 2.93 bits per heavy atom. The van der Waals surface area contributed by atoms with Crippen LogP contribution >= 0.6 is 0 Å². The SMILES string of the molecule is CN1C(=O)C(NC(=O)c2cn(Cc3ccccc3)nn2)CCn2cncc21. The number of nitrogens with zero attached hydrogens (tertiary/aromatic N) is 6. The van der Waals surface area contributed by atoms with Crippen LogP contribution in [0.2, 0.25) is 0 Å². The van der Waals surface area contributed by atoms with Crippen molar-refractivity contribution in [1.82, 2.24) is 29.9 Å². The van der Waals surface area contributed by atoms with Crippen molar-refractivity contribution in [2.24, 2.45) is 0 Å². The monoisotopic (exact) mass is 365 g/mol. The minimum Gasteiger partial charge on any atom is -0.339 e. The zero-order valence-electron chi connectivity index (χ0n) is 14.8. The topological polar surface area (TPSA) is 97.9 Å². The van der Waals surface area contributed by atoms with Crippen LogP contribution in [0.1, 0.15) is 22.5 Å². The first kappa shape index (κ1) is 17.0. The normalized spacial score (nSPS) is 16.7. The molecule has 4 rings (SSSR count). The molecule has 0 saturated heterocycles. The van der Waals surface area contributed by atoms with Crippen LogP contribution in [0.5, 0.6) is 0 Å². The summed E-state index contributed by atoms with van der Waals surface area (Å²) in [5.74, 6) is 0.121. The van der Waals surface area contributed by atoms with Crippen molar-refractivity contribution in [3.05, 3.63) is 60.3 Å². The van der Waals surface area contributed by atoms with E-state index in [1.165, 1.54) is 4.90 Å². The van der Waals surface area contributed by atoms with E-state index in [1.807, 2.05) is 34.9 Å². The molecule has 27 heavy (non-hydrogen) atoms. The number of imidazole rings is 1. The van der Waals surface area contributed by atoms with E-state index in [9.17, 15) is 9.59 Å². The van der Waals surface area contributed by atoms with Crippen molar-refractivity contribution in [1.29, 1.82) is 0 Å². The Morgan fingerprint density at radius 1 is 1.30 bits per heavy atom. The molecule has 2 amide bonds. The summed E-state index contributed by atoms with van der Waals surface area (Å²) in [6.45, 7) is 1.12. The number of aryl methyl sites for hydroxylation is 1. The summed E-state index contributed by atoms with van der Waals surface area (Å²) in [5.41, 5.74) is 1.25. The third-order valence-corrected chi connectivity index (χ3v) is 4.59. The Bertz CT molecular complexity index is 963. The number of carbonyl (C=O) groups excluding carboxylic acids is 2. The smallest absolute Gasteiger partial charge is 0.274 e. The lowest BCUT2D eigenvalue weighted by atomic mass is 10.2. The summed E-state index contributed by atoms with van der Waals surface area (Å²) in [4.78, 5) is 30.8. The van der Waals surface area contributed by atoms with Gasteiger partial charge in [0.1, 0.15) is 11.9 Å². The van der Waals surface area contributed by atoms with Gasteiger partial charge in [-0.25, -0.2) is 9.67 Å². The Balaban J connectivity index is 1.43. The Hall–Kier alpha value is -3.49. The van der Waals surface area contributed by atoms with Gasteiger partial charge in [0.15, 0.2) is 5.69 Å². The van der Waals surface area contributed by atoms with Crippen LogP contribution < -0.4 is 10.2 Å². The van der Waals surface area contributed by atoms with Crippen LogP contribution in [0, 0.1) is 0 Å². The summed E-state index contributed by atoms with van der Waals surface area (Å²) < 4.78 is 3.49. The Morgan fingerprint density at radius 2 is 2.11 bits per heavy atom. The Labute approximate surface area is 155 Å². The minimum absolute atomic E-state index is 0.181. The number of benzene rings is 1. The molecule has 138 valence electrons. The molecule has 3 aromatic rings. The fraction of sp³-hybridized carbons (Fsp3) is 0.278. The van der Waals surface area contributed by atoms with Crippen molar-refractivity contribution in [3.63, 3.8) is 0 Å². The molecule has 0 bridgehead atoms. The third-order valence-electron chi connectivity index (χ3n) is 4.59. The third kappa shape index (κ3) is 3.43. The van der Waals surface area contributed by atoms with Gasteiger partial charge in [-0.2, -0.15) is 0 Å². The van der Waals surface area contributed by atoms with Gasteiger partial charge in [-0.1, -0.05) is 35.5 Å². The van der Waals surface area contributed by atoms with Gasteiger partial charge >= 0.3 is 0 Å². The van der Waals surface area contributed by atoms with E-state index >= 15 is 0 Å². The molecular formula is C18H19N7O2. The standard InChI is InChI=1S/C18H19N7O2/c1-23-16-9-19-12-24(16)8-7-14(18(23)27)20-17(26)15-11-25(22-21-15)10-13-5-3-2-4-6-13/h2-6,9,11-12,14H,7-8,10H2,1H3,(H,20,26). The zero-order chi connectivity index (χ0) is 18.8. The maximum Gasteiger partial charge on any atom is 0.274 e. The molecule has 1 atom stereocenters. The van der Waals surface area contributed by atoms with Crippen molar-refractivity contribution in [2.75, 3.05) is 11.9 Å². The van der Waals surface area contributed by atoms with Crippen molar-refractivity contribution in [2.45, 2.75) is 25.6 Å². The van der Waals surface area contributed by atoms with E-state index in [0.717, 1.165) is 5.56 Å².